The Morgan fingerprint density at radius 3 is 2.58 bits per heavy atom. The molecular formula is C24H27F3N4O4S. The number of hydrogen-bond acceptors (Lipinski definition) is 6. The Bertz CT molecular complexity index is 1240. The minimum absolute atomic E-state index is 0.0829. The van der Waals surface area contributed by atoms with Gasteiger partial charge in [0, 0.05) is 36.6 Å². The molecule has 4 rings (SSSR count). The summed E-state index contributed by atoms with van der Waals surface area (Å²) in [6, 6.07) is 13.9. The zero-order chi connectivity index (χ0) is 25.8. The van der Waals surface area contributed by atoms with E-state index < -0.39 is 28.1 Å². The molecule has 0 radical (unpaired) electrons. The second-order valence-corrected chi connectivity index (χ2v) is 10.4. The molecule has 0 amide bonds. The number of aryl methyl sites for hydroxylation is 1. The molecule has 2 N–H and O–H groups in total. The molecule has 2 aromatic carbocycles. The van der Waals surface area contributed by atoms with E-state index in [-0.39, 0.29) is 32.1 Å². The van der Waals surface area contributed by atoms with E-state index in [0.717, 1.165) is 11.3 Å². The van der Waals surface area contributed by atoms with Crippen molar-refractivity contribution < 1.29 is 31.4 Å². The Kier molecular flexibility index (Phi) is 7.86. The van der Waals surface area contributed by atoms with Crippen molar-refractivity contribution in [2.45, 2.75) is 37.5 Å². The topological polar surface area (TPSA) is 98.8 Å². The molecular weight excluding hydrogens is 497 g/mol. The highest BCUT2D eigenvalue weighted by Gasteiger charge is 2.51. The van der Waals surface area contributed by atoms with Crippen molar-refractivity contribution >= 4 is 15.7 Å². The maximum Gasteiger partial charge on any atom is 0.511 e. The Hall–Kier alpha value is -3.09. The van der Waals surface area contributed by atoms with Gasteiger partial charge in [0.25, 0.3) is 0 Å². The Morgan fingerprint density at radius 2 is 1.92 bits per heavy atom. The molecule has 1 aliphatic heterocycles. The number of aliphatic hydroxyl groups is 1. The first-order valence-corrected chi connectivity index (χ1v) is 12.8. The molecule has 12 heteroatoms. The third-order valence-corrected chi connectivity index (χ3v) is 7.64. The summed E-state index contributed by atoms with van der Waals surface area (Å²) < 4.78 is 72.4. The van der Waals surface area contributed by atoms with Gasteiger partial charge in [-0.15, -0.1) is 0 Å². The maximum atomic E-state index is 13.7. The molecule has 194 valence electrons. The normalized spacial score (nSPS) is 17.0. The van der Waals surface area contributed by atoms with Gasteiger partial charge in [-0.3, -0.25) is 0 Å². The minimum atomic E-state index is -5.62. The molecule has 1 aromatic heterocycles. The molecule has 0 saturated heterocycles. The fraction of sp³-hybridized carbons (Fsp3) is 0.375. The number of rotatable bonds is 9. The maximum absolute atomic E-state index is 13.7. The molecule has 0 fully saturated rings. The van der Waals surface area contributed by atoms with Gasteiger partial charge >= 0.3 is 15.5 Å². The number of sulfonamides is 1. The average molecular weight is 525 g/mol. The van der Waals surface area contributed by atoms with Crippen molar-refractivity contribution in [2.24, 2.45) is 0 Å². The number of ether oxygens (including phenoxy) is 1. The summed E-state index contributed by atoms with van der Waals surface area (Å²) in [7, 11) is -5.62. The quantitative estimate of drug-likeness (QED) is 0.445. The van der Waals surface area contributed by atoms with E-state index in [1.54, 1.807) is 24.4 Å². The molecule has 36 heavy (non-hydrogen) atoms. The van der Waals surface area contributed by atoms with E-state index >= 15 is 0 Å². The molecule has 3 aromatic rings. The van der Waals surface area contributed by atoms with E-state index in [2.05, 4.69) is 9.97 Å². The van der Waals surface area contributed by atoms with Gasteiger partial charge in [-0.2, -0.15) is 17.5 Å². The molecule has 0 spiro atoms. The Balaban J connectivity index is 1.80. The third-order valence-electron chi connectivity index (χ3n) is 6.09. The van der Waals surface area contributed by atoms with E-state index in [9.17, 15) is 26.7 Å². The van der Waals surface area contributed by atoms with Crippen LogP contribution >= 0.6 is 0 Å². The predicted molar refractivity (Wildman–Crippen MR) is 128 cm³/mol. The largest absolute Gasteiger partial charge is 0.511 e. The molecule has 0 aliphatic carbocycles. The lowest BCUT2D eigenvalue weighted by atomic mass is 10.0. The highest BCUT2D eigenvalue weighted by Crippen LogP contribution is 2.39. The molecule has 2 heterocycles. The van der Waals surface area contributed by atoms with Gasteiger partial charge < -0.3 is 19.7 Å². The van der Waals surface area contributed by atoms with Crippen molar-refractivity contribution in [1.82, 2.24) is 14.3 Å². The van der Waals surface area contributed by atoms with Gasteiger partial charge in [0.2, 0.25) is 0 Å². The number of fused-ring (bicyclic) bond motifs is 1. The smallest absolute Gasteiger partial charge is 0.491 e. The standard InChI is InChI=1S/C24H27F3N4O4S/c25-24(26,27)36(33,34)30-15-20(10-9-18-5-2-1-3-6-18)31(14-19-13-28-17-29-19)22-7-4-8-23(21(22)16-30)35-12-11-32/h1-8,13,17,20,32H,9-12,14-16H2,(H,28,29)/t20-/m1/s1. The Labute approximate surface area is 207 Å². The monoisotopic (exact) mass is 524 g/mol. The number of aliphatic hydroxyl groups excluding tert-OH is 1. The van der Waals surface area contributed by atoms with Gasteiger partial charge in [-0.25, -0.2) is 13.4 Å². The van der Waals surface area contributed by atoms with E-state index in [0.29, 0.717) is 28.4 Å². The number of imidazole rings is 1. The first kappa shape index (κ1) is 26.0. The van der Waals surface area contributed by atoms with Gasteiger partial charge in [-0.05, 0) is 30.5 Å². The zero-order valence-corrected chi connectivity index (χ0v) is 20.2. The third kappa shape index (κ3) is 5.66. The van der Waals surface area contributed by atoms with Crippen LogP contribution in [0.15, 0.2) is 61.1 Å². The molecule has 8 nitrogen and oxygen atoms in total. The summed E-state index contributed by atoms with van der Waals surface area (Å²) >= 11 is 0. The van der Waals surface area contributed by atoms with Gasteiger partial charge in [0.1, 0.15) is 12.4 Å². The van der Waals surface area contributed by atoms with Crippen LogP contribution in [0.2, 0.25) is 0 Å². The van der Waals surface area contributed by atoms with Crippen LogP contribution in [-0.4, -0.2) is 59.1 Å². The summed E-state index contributed by atoms with van der Waals surface area (Å²) in [6.07, 6.45) is 4.08. The second kappa shape index (κ2) is 10.9. The number of anilines is 1. The van der Waals surface area contributed by atoms with Crippen LogP contribution in [0.5, 0.6) is 5.75 Å². The van der Waals surface area contributed by atoms with Crippen LogP contribution in [-0.2, 0) is 29.5 Å². The molecule has 1 aliphatic rings. The minimum Gasteiger partial charge on any atom is -0.491 e. The highest BCUT2D eigenvalue weighted by atomic mass is 32.2. The van der Waals surface area contributed by atoms with Crippen molar-refractivity contribution in [2.75, 3.05) is 24.7 Å². The lowest BCUT2D eigenvalue weighted by Gasteiger charge is -2.34. The molecule has 1 atom stereocenters. The number of aromatic amines is 1. The van der Waals surface area contributed by atoms with E-state index in [4.69, 9.17) is 4.74 Å². The highest BCUT2D eigenvalue weighted by molar-refractivity contribution is 7.89. The van der Waals surface area contributed by atoms with Gasteiger partial charge in [0.15, 0.2) is 0 Å². The van der Waals surface area contributed by atoms with Crippen molar-refractivity contribution in [3.63, 3.8) is 0 Å². The fourth-order valence-electron chi connectivity index (χ4n) is 4.37. The number of halogens is 3. The number of alkyl halides is 3. The van der Waals surface area contributed by atoms with E-state index in [1.807, 2.05) is 35.2 Å². The Morgan fingerprint density at radius 1 is 1.14 bits per heavy atom. The van der Waals surface area contributed by atoms with Gasteiger partial charge in [-0.1, -0.05) is 36.4 Å². The number of aromatic nitrogens is 2. The van der Waals surface area contributed by atoms with Crippen LogP contribution in [0.3, 0.4) is 0 Å². The summed E-state index contributed by atoms with van der Waals surface area (Å²) in [6.45, 7) is -0.987. The van der Waals surface area contributed by atoms with Crippen molar-refractivity contribution in [1.29, 1.82) is 0 Å². The zero-order valence-electron chi connectivity index (χ0n) is 19.4. The predicted octanol–water partition coefficient (Wildman–Crippen LogP) is 3.45. The number of nitrogens with zero attached hydrogens (tertiary/aromatic N) is 3. The molecule has 0 unspecified atom stereocenters. The fourth-order valence-corrected chi connectivity index (χ4v) is 5.33. The van der Waals surface area contributed by atoms with E-state index in [1.165, 1.54) is 6.33 Å². The molecule has 0 saturated carbocycles. The summed E-state index contributed by atoms with van der Waals surface area (Å²) in [5, 5.41) is 9.22. The van der Waals surface area contributed by atoms with Crippen molar-refractivity contribution in [3.8, 4) is 5.75 Å². The number of H-pyrrole nitrogens is 1. The summed E-state index contributed by atoms with van der Waals surface area (Å²) in [4.78, 5) is 8.96. The van der Waals surface area contributed by atoms with Gasteiger partial charge in [0.05, 0.1) is 25.2 Å². The van der Waals surface area contributed by atoms with Crippen LogP contribution in [0, 0.1) is 0 Å². The van der Waals surface area contributed by atoms with Crippen LogP contribution in [0.1, 0.15) is 23.2 Å². The molecule has 0 bridgehead atoms. The summed E-state index contributed by atoms with van der Waals surface area (Å²) in [5.74, 6) is 0.224. The van der Waals surface area contributed by atoms with Crippen LogP contribution in [0.25, 0.3) is 0 Å². The number of hydrogen-bond donors (Lipinski definition) is 2. The first-order valence-electron chi connectivity index (χ1n) is 11.4. The number of benzene rings is 2. The lowest BCUT2D eigenvalue weighted by Crippen LogP contribution is -2.47. The first-order chi connectivity index (χ1) is 17.2. The summed E-state index contributed by atoms with van der Waals surface area (Å²) in [5.41, 5.74) is -2.86. The lowest BCUT2D eigenvalue weighted by molar-refractivity contribution is -0.0492. The second-order valence-electron chi connectivity index (χ2n) is 8.45. The van der Waals surface area contributed by atoms with Crippen LogP contribution in [0.4, 0.5) is 18.9 Å². The average Bonchev–Trinajstić information content (AvgIpc) is 3.31. The number of nitrogens with one attached hydrogen (secondary N) is 1. The SMILES string of the molecule is O=S(=O)(N1Cc2c(OCCO)cccc2N(Cc2cnc[nH]2)[C@H](CCc2ccccc2)C1)C(F)(F)F. The van der Waals surface area contributed by atoms with Crippen LogP contribution < -0.4 is 9.64 Å². The van der Waals surface area contributed by atoms with Crippen molar-refractivity contribution in [3.05, 3.63) is 77.9 Å².